The molecule has 4 nitrogen and oxygen atoms in total. The number of carbonyl (C=O) groups excluding carboxylic acids is 2. The van der Waals surface area contributed by atoms with Crippen LogP contribution in [-0.2, 0) is 19.1 Å². The molecule has 0 aromatic rings. The van der Waals surface area contributed by atoms with Crippen LogP contribution in [0.25, 0.3) is 0 Å². The quantitative estimate of drug-likeness (QED) is 0.411. The summed E-state index contributed by atoms with van der Waals surface area (Å²) in [5.41, 5.74) is -0.837. The number of hydrogen-bond acceptors (Lipinski definition) is 4. The summed E-state index contributed by atoms with van der Waals surface area (Å²) in [6.07, 6.45) is -4.64. The van der Waals surface area contributed by atoms with E-state index >= 15 is 0 Å². The molecule has 0 N–H and O–H groups in total. The normalized spacial score (nSPS) is 16.0. The van der Waals surface area contributed by atoms with Gasteiger partial charge in [-0.1, -0.05) is 20.8 Å². The maximum atomic E-state index is 12.6. The monoisotopic (exact) mass is 376 g/mol. The first-order valence-electron chi connectivity index (χ1n) is 8.11. The van der Waals surface area contributed by atoms with Gasteiger partial charge in [-0.15, -0.1) is 0 Å². The molecule has 0 heterocycles. The Labute approximate surface area is 144 Å². The van der Waals surface area contributed by atoms with Crippen LogP contribution in [0, 0.1) is 5.92 Å². The molecule has 0 aromatic carbocycles. The number of halogens is 5. The van der Waals surface area contributed by atoms with Crippen LogP contribution in [0.15, 0.2) is 0 Å². The van der Waals surface area contributed by atoms with E-state index < -0.39 is 30.3 Å². The molecule has 0 aromatic heterocycles. The van der Waals surface area contributed by atoms with Gasteiger partial charge in [-0.2, -0.15) is 22.0 Å². The van der Waals surface area contributed by atoms with Gasteiger partial charge in [0.1, 0.15) is 5.60 Å². The van der Waals surface area contributed by atoms with Crippen LogP contribution >= 0.6 is 0 Å². The van der Waals surface area contributed by atoms with Crippen LogP contribution in [0.1, 0.15) is 59.8 Å². The molecule has 0 saturated carbocycles. The molecule has 0 amide bonds. The second kappa shape index (κ2) is 9.33. The van der Waals surface area contributed by atoms with E-state index in [0.29, 0.717) is 12.8 Å². The van der Waals surface area contributed by atoms with Gasteiger partial charge in [-0.25, -0.2) is 0 Å². The molecule has 148 valence electrons. The lowest BCUT2D eigenvalue weighted by Crippen LogP contribution is -2.41. The first kappa shape index (κ1) is 23.6. The molecule has 0 spiro atoms. The Balaban J connectivity index is 4.38. The van der Waals surface area contributed by atoms with Crippen molar-refractivity contribution in [2.24, 2.45) is 5.92 Å². The van der Waals surface area contributed by atoms with Gasteiger partial charge >= 0.3 is 24.0 Å². The smallest absolute Gasteiger partial charge is 0.456 e. The molecule has 25 heavy (non-hydrogen) atoms. The van der Waals surface area contributed by atoms with Gasteiger partial charge in [0.05, 0.1) is 5.92 Å². The Hall–Kier alpha value is -1.41. The van der Waals surface area contributed by atoms with Crippen molar-refractivity contribution in [1.29, 1.82) is 0 Å². The average Bonchev–Trinajstić information content (AvgIpc) is 2.51. The summed E-state index contributed by atoms with van der Waals surface area (Å²) in [6.45, 7) is 4.98. The molecule has 0 aliphatic carbocycles. The second-order valence-electron chi connectivity index (χ2n) is 6.25. The van der Waals surface area contributed by atoms with Crippen molar-refractivity contribution in [3.05, 3.63) is 0 Å². The third kappa shape index (κ3) is 8.00. The number of esters is 2. The highest BCUT2D eigenvalue weighted by Crippen LogP contribution is 2.35. The molecular formula is C16H25F5O4. The van der Waals surface area contributed by atoms with Crippen LogP contribution in [0.2, 0.25) is 0 Å². The SMILES string of the molecule is CCC(C)C(=O)OC(C)(CC)CCCC(=O)OCC(F)(F)C(F)(F)F. The molecule has 0 rings (SSSR count). The minimum Gasteiger partial charge on any atom is -0.459 e. The zero-order valence-corrected chi connectivity index (χ0v) is 14.8. The Kier molecular flexibility index (Phi) is 8.81. The number of rotatable bonds is 10. The van der Waals surface area contributed by atoms with Crippen molar-refractivity contribution in [1.82, 2.24) is 0 Å². The van der Waals surface area contributed by atoms with Crippen LogP contribution in [0.5, 0.6) is 0 Å². The standard InChI is InChI=1S/C16H25F5O4/c1-5-11(3)13(23)25-14(4,6-2)9-7-8-12(22)24-10-15(17,18)16(19,20)21/h11H,5-10H2,1-4H3. The number of alkyl halides is 5. The number of carbonyl (C=O) groups is 2. The topological polar surface area (TPSA) is 52.6 Å². The van der Waals surface area contributed by atoms with Crippen LogP contribution in [0.3, 0.4) is 0 Å². The van der Waals surface area contributed by atoms with Crippen molar-refractivity contribution < 1.29 is 41.0 Å². The number of hydrogen-bond donors (Lipinski definition) is 0. The van der Waals surface area contributed by atoms with Crippen LogP contribution in [0.4, 0.5) is 22.0 Å². The highest BCUT2D eigenvalue weighted by atomic mass is 19.4. The van der Waals surface area contributed by atoms with E-state index in [1.165, 1.54) is 0 Å². The molecular weight excluding hydrogens is 351 g/mol. The van der Waals surface area contributed by atoms with Gasteiger partial charge in [-0.05, 0) is 32.6 Å². The Morgan fingerprint density at radius 1 is 1.08 bits per heavy atom. The van der Waals surface area contributed by atoms with Crippen molar-refractivity contribution in [3.63, 3.8) is 0 Å². The summed E-state index contributed by atoms with van der Waals surface area (Å²) in [5, 5.41) is 0. The third-order valence-electron chi connectivity index (χ3n) is 4.03. The minimum absolute atomic E-state index is 0.133. The number of ether oxygens (including phenoxy) is 2. The van der Waals surface area contributed by atoms with E-state index in [9.17, 15) is 31.5 Å². The Morgan fingerprint density at radius 2 is 1.64 bits per heavy atom. The summed E-state index contributed by atoms with van der Waals surface area (Å²) in [7, 11) is 0. The first-order chi connectivity index (χ1) is 11.3. The van der Waals surface area contributed by atoms with Gasteiger partial charge < -0.3 is 9.47 Å². The predicted molar refractivity (Wildman–Crippen MR) is 80.1 cm³/mol. The molecule has 0 aliphatic heterocycles. The lowest BCUT2D eigenvalue weighted by Gasteiger charge is -2.29. The first-order valence-corrected chi connectivity index (χ1v) is 8.11. The summed E-state index contributed by atoms with van der Waals surface area (Å²) in [6, 6.07) is 0. The lowest BCUT2D eigenvalue weighted by molar-refractivity contribution is -0.294. The van der Waals surface area contributed by atoms with E-state index in [-0.39, 0.29) is 31.1 Å². The largest absolute Gasteiger partial charge is 0.459 e. The third-order valence-corrected chi connectivity index (χ3v) is 4.03. The summed E-state index contributed by atoms with van der Waals surface area (Å²) in [4.78, 5) is 23.2. The second-order valence-corrected chi connectivity index (χ2v) is 6.25. The van der Waals surface area contributed by atoms with E-state index in [0.717, 1.165) is 0 Å². The molecule has 0 fully saturated rings. The molecule has 0 bridgehead atoms. The Bertz CT molecular complexity index is 450. The van der Waals surface area contributed by atoms with Crippen molar-refractivity contribution in [2.45, 2.75) is 77.5 Å². The maximum absolute atomic E-state index is 12.6. The highest BCUT2D eigenvalue weighted by Gasteiger charge is 2.58. The average molecular weight is 376 g/mol. The fraction of sp³-hybridized carbons (Fsp3) is 0.875. The van der Waals surface area contributed by atoms with Crippen molar-refractivity contribution in [2.75, 3.05) is 6.61 Å². The molecule has 9 heteroatoms. The summed E-state index contributed by atoms with van der Waals surface area (Å²) in [5.74, 6) is -6.89. The minimum atomic E-state index is -5.77. The molecule has 0 saturated heterocycles. The zero-order valence-electron chi connectivity index (χ0n) is 14.8. The van der Waals surface area contributed by atoms with E-state index in [1.54, 1.807) is 20.8 Å². The van der Waals surface area contributed by atoms with Gasteiger partial charge in [0.15, 0.2) is 6.61 Å². The van der Waals surface area contributed by atoms with Gasteiger partial charge in [0.2, 0.25) is 0 Å². The highest BCUT2D eigenvalue weighted by molar-refractivity contribution is 5.72. The van der Waals surface area contributed by atoms with Crippen LogP contribution in [-0.4, -0.2) is 36.2 Å². The molecule has 0 radical (unpaired) electrons. The van der Waals surface area contributed by atoms with E-state index in [1.807, 2.05) is 6.92 Å². The van der Waals surface area contributed by atoms with Gasteiger partial charge in [-0.3, -0.25) is 9.59 Å². The Morgan fingerprint density at radius 3 is 2.08 bits per heavy atom. The van der Waals surface area contributed by atoms with Crippen LogP contribution < -0.4 is 0 Å². The van der Waals surface area contributed by atoms with Gasteiger partial charge in [0.25, 0.3) is 0 Å². The van der Waals surface area contributed by atoms with E-state index in [2.05, 4.69) is 4.74 Å². The molecule has 2 unspecified atom stereocenters. The summed E-state index contributed by atoms with van der Waals surface area (Å²) < 4.78 is 70.6. The summed E-state index contributed by atoms with van der Waals surface area (Å²) >= 11 is 0. The fourth-order valence-electron chi connectivity index (χ4n) is 1.74. The fourth-order valence-corrected chi connectivity index (χ4v) is 1.74. The van der Waals surface area contributed by atoms with E-state index in [4.69, 9.17) is 4.74 Å². The zero-order chi connectivity index (χ0) is 19.9. The maximum Gasteiger partial charge on any atom is 0.456 e. The van der Waals surface area contributed by atoms with Crippen molar-refractivity contribution >= 4 is 11.9 Å². The molecule has 0 aliphatic rings. The molecule has 2 atom stereocenters. The van der Waals surface area contributed by atoms with Crippen molar-refractivity contribution in [3.8, 4) is 0 Å². The predicted octanol–water partition coefficient (Wildman–Crippen LogP) is 4.66. The lowest BCUT2D eigenvalue weighted by atomic mass is 9.95. The van der Waals surface area contributed by atoms with Gasteiger partial charge in [0, 0.05) is 6.42 Å².